The molecule has 0 saturated heterocycles. The van der Waals surface area contributed by atoms with Gasteiger partial charge in [0.25, 0.3) is 0 Å². The zero-order valence-electron chi connectivity index (χ0n) is 72.2. The fourth-order valence-electron chi connectivity index (χ4n) is 19.0. The number of hydrogen-bond donors (Lipinski definition) is 1. The van der Waals surface area contributed by atoms with Gasteiger partial charge >= 0.3 is 0 Å². The number of aryl methyl sites for hydroxylation is 2. The molecule has 114 heavy (non-hydrogen) atoms. The van der Waals surface area contributed by atoms with Gasteiger partial charge in [-0.1, -0.05) is 318 Å². The largest absolute Gasteiger partial charge is 0.356 e. The second-order valence-corrected chi connectivity index (χ2v) is 41.2. The van der Waals surface area contributed by atoms with E-state index >= 15 is 0 Å². The Hall–Kier alpha value is -9.80. The SMILES string of the molecule is CC(C)(C)c1ccc(Nc2ccc(C(C)(C)C)cc2)cc1.Cc1cc(-c2ccc3c(c2)C(C)(C)c2cc(Br)ccc2-3)c2ccc3c4c2c1CC=C4CC(C(C)(C)C)=C3.Cc1cc(-c2ccc3c(c2)C(C)(C)c2cc(N(c4ccc(C(C)C)cc4)c4ccc(C(C)(C)C)cc4)ccc2-3)c2ccc3c4c2c1CC=C4CC(C(C)(C)C)=C3. The second kappa shape index (κ2) is 28.3. The first-order valence-electron chi connectivity index (χ1n) is 41.9. The zero-order valence-corrected chi connectivity index (χ0v) is 73.8. The molecule has 0 fully saturated rings. The van der Waals surface area contributed by atoms with Crippen molar-refractivity contribution < 1.29 is 0 Å². The van der Waals surface area contributed by atoms with Gasteiger partial charge in [0.1, 0.15) is 0 Å². The van der Waals surface area contributed by atoms with Crippen LogP contribution in [0.3, 0.4) is 0 Å². The standard InChI is InChI=1S/C55H57N.C36H33Br.C20H27N/c1-33(2)35-12-19-41(20-13-35)56(42-21-17-39(18-22-42)53(4,5)6)43-23-27-46-45-25-14-36(31-49(45)55(10,11)50(46)32-43)48-28-34(3)44-24-15-37-29-40(54(7,8)9)30-38-16-26-47(48)52(44)51(37)38;1-20-15-30(21-7-12-27-28-14-10-25(37)19-32(28)36(5,6)31(27)18-21)29-13-9-23-17-24(35(2,3)4)16-22-8-11-26(20)34(29)33(22)23;1-19(2,3)15-7-11-17(12-8-15)21-18-13-9-16(10-14-18)20(4,5)6/h12-23,25-28,30-33H,24,29H2,1-11H3;7-10,12-15,17-19H,11,16H2,1-6H3;7-14,21H,1-6H3. The van der Waals surface area contributed by atoms with Crippen LogP contribution in [0.25, 0.3) is 89.4 Å². The molecule has 0 unspecified atom stereocenters. The van der Waals surface area contributed by atoms with E-state index in [1.807, 2.05) is 0 Å². The molecule has 6 aliphatic rings. The van der Waals surface area contributed by atoms with Gasteiger partial charge in [0.05, 0.1) is 0 Å². The lowest BCUT2D eigenvalue weighted by Gasteiger charge is -2.32. The van der Waals surface area contributed by atoms with Crippen LogP contribution in [0.2, 0.25) is 0 Å². The van der Waals surface area contributed by atoms with E-state index in [-0.39, 0.29) is 37.9 Å². The molecule has 0 aromatic heterocycles. The van der Waals surface area contributed by atoms with Crippen molar-refractivity contribution >= 4 is 89.2 Å². The molecule has 0 atom stereocenters. The maximum atomic E-state index is 3.70. The highest BCUT2D eigenvalue weighted by Crippen LogP contribution is 2.57. The summed E-state index contributed by atoms with van der Waals surface area (Å²) in [6.45, 7) is 53.1. The molecule has 2 nitrogen and oxygen atoms in total. The third kappa shape index (κ3) is 14.1. The number of nitrogens with zero attached hydrogens (tertiary/aromatic N) is 1. The number of allylic oxidation sites excluding steroid dienone is 6. The Morgan fingerprint density at radius 3 is 1.12 bits per heavy atom. The number of hydrogen-bond acceptors (Lipinski definition) is 2. The molecule has 0 amide bonds. The first-order chi connectivity index (χ1) is 53.7. The molecule has 12 aromatic carbocycles. The van der Waals surface area contributed by atoms with Crippen LogP contribution in [-0.4, -0.2) is 0 Å². The number of anilines is 5. The predicted molar refractivity (Wildman–Crippen MR) is 500 cm³/mol. The van der Waals surface area contributed by atoms with E-state index in [1.54, 1.807) is 0 Å². The summed E-state index contributed by atoms with van der Waals surface area (Å²) in [5.74, 6) is 0.489. The van der Waals surface area contributed by atoms with Crippen molar-refractivity contribution in [2.45, 2.75) is 218 Å². The molecule has 578 valence electrons. The van der Waals surface area contributed by atoms with Gasteiger partial charge in [0, 0.05) is 43.7 Å². The summed E-state index contributed by atoms with van der Waals surface area (Å²) in [5, 5.41) is 9.21. The number of rotatable bonds is 8. The minimum Gasteiger partial charge on any atom is -0.356 e. The van der Waals surface area contributed by atoms with Crippen molar-refractivity contribution in [3.05, 3.63) is 323 Å². The number of benzene rings is 12. The molecule has 6 aliphatic carbocycles. The van der Waals surface area contributed by atoms with E-state index in [0.29, 0.717) is 5.92 Å². The van der Waals surface area contributed by atoms with E-state index in [4.69, 9.17) is 0 Å². The molecule has 0 saturated carbocycles. The number of halogens is 1. The summed E-state index contributed by atoms with van der Waals surface area (Å²) < 4.78 is 1.15. The Kier molecular flexibility index (Phi) is 19.4. The van der Waals surface area contributed by atoms with Crippen molar-refractivity contribution in [2.75, 3.05) is 10.2 Å². The van der Waals surface area contributed by atoms with Gasteiger partial charge < -0.3 is 10.2 Å². The predicted octanol–water partition coefficient (Wildman–Crippen LogP) is 32.5. The normalized spacial score (nSPS) is 15.3. The first-order valence-corrected chi connectivity index (χ1v) is 42.7. The van der Waals surface area contributed by atoms with Crippen LogP contribution in [0.1, 0.15) is 253 Å². The quantitative estimate of drug-likeness (QED) is 0.163. The molecule has 0 bridgehead atoms. The summed E-state index contributed by atoms with van der Waals surface area (Å²) in [4.78, 5) is 2.44. The minimum atomic E-state index is -0.167. The summed E-state index contributed by atoms with van der Waals surface area (Å²) in [5.41, 5.74) is 45.9. The monoisotopic (exact) mass is 1560 g/mol. The average Bonchev–Trinajstić information content (AvgIpc) is 1.04. The van der Waals surface area contributed by atoms with Crippen LogP contribution < -0.4 is 10.2 Å². The Bertz CT molecular complexity index is 5960. The molecular weight excluding hydrogens is 1440 g/mol. The average molecular weight is 1560 g/mol. The van der Waals surface area contributed by atoms with Crippen molar-refractivity contribution in [1.82, 2.24) is 0 Å². The van der Waals surface area contributed by atoms with Crippen molar-refractivity contribution in [1.29, 1.82) is 0 Å². The number of nitrogens with one attached hydrogen (secondary N) is 1. The van der Waals surface area contributed by atoms with Gasteiger partial charge in [-0.15, -0.1) is 0 Å². The number of fused-ring (bicyclic) bond motifs is 6. The molecular formula is C111H117BrN2. The molecule has 0 heterocycles. The zero-order chi connectivity index (χ0) is 81.0. The van der Waals surface area contributed by atoms with E-state index in [9.17, 15) is 0 Å². The van der Waals surface area contributed by atoms with E-state index in [0.717, 1.165) is 41.5 Å². The maximum absolute atomic E-state index is 3.70. The van der Waals surface area contributed by atoms with Gasteiger partial charge in [0.2, 0.25) is 0 Å². The third-order valence-corrected chi connectivity index (χ3v) is 26.7. The topological polar surface area (TPSA) is 15.3 Å². The summed E-state index contributed by atoms with van der Waals surface area (Å²) in [7, 11) is 0. The molecule has 3 heteroatoms. The van der Waals surface area contributed by atoms with Crippen LogP contribution in [-0.2, 0) is 39.9 Å². The van der Waals surface area contributed by atoms with E-state index in [1.165, 1.54) is 194 Å². The highest BCUT2D eigenvalue weighted by atomic mass is 79.9. The Labute approximate surface area is 690 Å². The Morgan fingerprint density at radius 1 is 0.368 bits per heavy atom. The van der Waals surface area contributed by atoms with E-state index in [2.05, 4.69) is 416 Å². The van der Waals surface area contributed by atoms with Crippen molar-refractivity contribution in [2.24, 2.45) is 10.8 Å². The van der Waals surface area contributed by atoms with Crippen LogP contribution in [0.5, 0.6) is 0 Å². The van der Waals surface area contributed by atoms with Crippen LogP contribution >= 0.6 is 15.9 Å². The molecule has 1 N–H and O–H groups in total. The lowest BCUT2D eigenvalue weighted by Crippen LogP contribution is -2.17. The summed E-state index contributed by atoms with van der Waals surface area (Å²) >= 11 is 3.70. The Morgan fingerprint density at radius 2 is 0.728 bits per heavy atom. The smallest absolute Gasteiger partial charge is 0.0465 e. The van der Waals surface area contributed by atoms with Crippen molar-refractivity contribution in [3.8, 4) is 44.5 Å². The van der Waals surface area contributed by atoms with Gasteiger partial charge in [-0.25, -0.2) is 0 Å². The first kappa shape index (κ1) is 78.1. The molecule has 0 spiro atoms. The highest BCUT2D eigenvalue weighted by molar-refractivity contribution is 9.10. The molecule has 12 aromatic rings. The lowest BCUT2D eigenvalue weighted by atomic mass is 9.72. The summed E-state index contributed by atoms with van der Waals surface area (Å²) in [6.07, 6.45) is 14.1. The van der Waals surface area contributed by atoms with Crippen molar-refractivity contribution in [3.63, 3.8) is 0 Å². The van der Waals surface area contributed by atoms with Crippen LogP contribution in [0, 0.1) is 24.7 Å². The molecule has 18 rings (SSSR count). The van der Waals surface area contributed by atoms with Gasteiger partial charge in [-0.3, -0.25) is 0 Å². The van der Waals surface area contributed by atoms with E-state index < -0.39 is 0 Å². The maximum Gasteiger partial charge on any atom is 0.0465 e. The van der Waals surface area contributed by atoms with Gasteiger partial charge in [-0.2, -0.15) is 0 Å². The summed E-state index contributed by atoms with van der Waals surface area (Å²) in [6, 6.07) is 78.6. The minimum absolute atomic E-state index is 0.0239. The van der Waals surface area contributed by atoms with Crippen LogP contribution in [0.15, 0.2) is 234 Å². The fraction of sp³-hybridized carbons (Fsp3) is 0.315. The Balaban J connectivity index is 0.000000144. The van der Waals surface area contributed by atoms with Crippen LogP contribution in [0.4, 0.5) is 28.4 Å². The molecule has 0 aliphatic heterocycles. The molecule has 0 radical (unpaired) electrons. The fourth-order valence-corrected chi connectivity index (χ4v) is 19.3. The lowest BCUT2D eigenvalue weighted by molar-refractivity contribution is 0.498. The van der Waals surface area contributed by atoms with Gasteiger partial charge in [-0.05, 0) is 324 Å². The van der Waals surface area contributed by atoms with Gasteiger partial charge in [0.15, 0.2) is 0 Å². The second-order valence-electron chi connectivity index (χ2n) is 40.3. The third-order valence-electron chi connectivity index (χ3n) is 26.2. The highest BCUT2D eigenvalue weighted by Gasteiger charge is 2.40.